The molecule has 1 heterocycles. The molecule has 0 amide bonds. The SMILES string of the molecule is O=C(O)[C@@H]1CN(CCCc2c(F)cccc2Cl)C[C@H]1C(F)(F)F. The molecular formula is C15H16ClF4NO2. The first-order valence-corrected chi connectivity index (χ1v) is 7.52. The minimum absolute atomic E-state index is 0.148. The monoisotopic (exact) mass is 353 g/mol. The van der Waals surface area contributed by atoms with E-state index in [9.17, 15) is 22.4 Å². The summed E-state index contributed by atoms with van der Waals surface area (Å²) in [5.41, 5.74) is 0.329. The highest BCUT2D eigenvalue weighted by atomic mass is 35.5. The van der Waals surface area contributed by atoms with Gasteiger partial charge in [0.15, 0.2) is 0 Å². The largest absolute Gasteiger partial charge is 0.481 e. The fourth-order valence-corrected chi connectivity index (χ4v) is 3.16. The van der Waals surface area contributed by atoms with Gasteiger partial charge in [-0.3, -0.25) is 4.79 Å². The third-order valence-electron chi connectivity index (χ3n) is 4.10. The van der Waals surface area contributed by atoms with E-state index in [2.05, 4.69) is 0 Å². The first-order valence-electron chi connectivity index (χ1n) is 7.15. The molecule has 3 nitrogen and oxygen atoms in total. The van der Waals surface area contributed by atoms with Crippen molar-refractivity contribution in [2.24, 2.45) is 11.8 Å². The van der Waals surface area contributed by atoms with Gasteiger partial charge in [-0.05, 0) is 31.5 Å². The molecule has 0 radical (unpaired) electrons. The predicted molar refractivity (Wildman–Crippen MR) is 76.8 cm³/mol. The molecule has 0 aliphatic carbocycles. The molecule has 1 aromatic rings. The van der Waals surface area contributed by atoms with Crippen LogP contribution in [0.25, 0.3) is 0 Å². The van der Waals surface area contributed by atoms with Crippen LogP contribution in [0.3, 0.4) is 0 Å². The van der Waals surface area contributed by atoms with Crippen LogP contribution in [0.5, 0.6) is 0 Å². The van der Waals surface area contributed by atoms with Crippen LogP contribution in [0, 0.1) is 17.7 Å². The molecule has 0 bridgehead atoms. The van der Waals surface area contributed by atoms with Crippen molar-refractivity contribution in [1.29, 1.82) is 0 Å². The van der Waals surface area contributed by atoms with Crippen LogP contribution in [0.2, 0.25) is 5.02 Å². The van der Waals surface area contributed by atoms with E-state index in [1.807, 2.05) is 0 Å². The predicted octanol–water partition coefficient (Wildman–Crippen LogP) is 3.61. The number of alkyl halides is 3. The van der Waals surface area contributed by atoms with Gasteiger partial charge in [0.1, 0.15) is 5.82 Å². The van der Waals surface area contributed by atoms with Gasteiger partial charge in [0.05, 0.1) is 11.8 Å². The molecule has 8 heteroatoms. The van der Waals surface area contributed by atoms with Crippen molar-refractivity contribution in [2.45, 2.75) is 19.0 Å². The molecule has 0 saturated carbocycles. The Bertz CT molecular complexity index is 559. The second-order valence-electron chi connectivity index (χ2n) is 5.66. The molecule has 1 fully saturated rings. The number of carbonyl (C=O) groups is 1. The number of nitrogens with zero attached hydrogens (tertiary/aromatic N) is 1. The Balaban J connectivity index is 1.93. The van der Waals surface area contributed by atoms with E-state index < -0.39 is 29.8 Å². The average molecular weight is 354 g/mol. The van der Waals surface area contributed by atoms with Gasteiger partial charge in [0.25, 0.3) is 0 Å². The number of rotatable bonds is 5. The molecule has 1 aliphatic heterocycles. The molecule has 2 atom stereocenters. The number of halogens is 5. The van der Waals surface area contributed by atoms with Crippen LogP contribution < -0.4 is 0 Å². The van der Waals surface area contributed by atoms with Crippen LogP contribution in [-0.2, 0) is 11.2 Å². The van der Waals surface area contributed by atoms with E-state index in [1.54, 1.807) is 6.07 Å². The molecule has 0 spiro atoms. The Morgan fingerprint density at radius 3 is 2.57 bits per heavy atom. The summed E-state index contributed by atoms with van der Waals surface area (Å²) >= 11 is 5.89. The molecular weight excluding hydrogens is 338 g/mol. The fraction of sp³-hybridized carbons (Fsp3) is 0.533. The summed E-state index contributed by atoms with van der Waals surface area (Å²) in [4.78, 5) is 12.5. The summed E-state index contributed by atoms with van der Waals surface area (Å²) in [6.45, 7) is -0.225. The Morgan fingerprint density at radius 1 is 1.35 bits per heavy atom. The number of aliphatic carboxylic acids is 1. The zero-order chi connectivity index (χ0) is 17.2. The number of likely N-dealkylation sites (tertiary alicyclic amines) is 1. The minimum Gasteiger partial charge on any atom is -0.481 e. The Kier molecular flexibility index (Phi) is 5.52. The first-order chi connectivity index (χ1) is 10.7. The number of carboxylic acids is 1. The van der Waals surface area contributed by atoms with Gasteiger partial charge in [-0.1, -0.05) is 17.7 Å². The van der Waals surface area contributed by atoms with Gasteiger partial charge >= 0.3 is 12.1 Å². The molecule has 0 aromatic heterocycles. The number of hydrogen-bond donors (Lipinski definition) is 1. The average Bonchev–Trinajstić information content (AvgIpc) is 2.86. The quantitative estimate of drug-likeness (QED) is 0.822. The molecule has 1 aliphatic rings. The molecule has 0 unspecified atom stereocenters. The topological polar surface area (TPSA) is 40.5 Å². The first kappa shape index (κ1) is 18.0. The normalized spacial score (nSPS) is 22.5. The highest BCUT2D eigenvalue weighted by Crippen LogP contribution is 2.37. The van der Waals surface area contributed by atoms with Crippen molar-refractivity contribution in [2.75, 3.05) is 19.6 Å². The number of hydrogen-bond acceptors (Lipinski definition) is 2. The molecule has 1 N–H and O–H groups in total. The lowest BCUT2D eigenvalue weighted by atomic mass is 9.96. The third-order valence-corrected chi connectivity index (χ3v) is 4.45. The van der Waals surface area contributed by atoms with E-state index >= 15 is 0 Å². The van der Waals surface area contributed by atoms with Gasteiger partial charge in [-0.15, -0.1) is 0 Å². The van der Waals surface area contributed by atoms with Crippen molar-refractivity contribution in [3.63, 3.8) is 0 Å². The molecule has 1 saturated heterocycles. The zero-order valence-corrected chi connectivity index (χ0v) is 12.9. The molecule has 23 heavy (non-hydrogen) atoms. The van der Waals surface area contributed by atoms with Gasteiger partial charge < -0.3 is 10.0 Å². The van der Waals surface area contributed by atoms with Gasteiger partial charge in [-0.2, -0.15) is 13.2 Å². The highest BCUT2D eigenvalue weighted by Gasteiger charge is 2.52. The summed E-state index contributed by atoms with van der Waals surface area (Å²) in [7, 11) is 0. The lowest BCUT2D eigenvalue weighted by Crippen LogP contribution is -2.33. The van der Waals surface area contributed by atoms with E-state index in [0.717, 1.165) is 0 Å². The minimum atomic E-state index is -4.54. The van der Waals surface area contributed by atoms with Crippen molar-refractivity contribution in [3.05, 3.63) is 34.6 Å². The lowest BCUT2D eigenvalue weighted by Gasteiger charge is -2.18. The summed E-state index contributed by atoms with van der Waals surface area (Å²) in [5.74, 6) is -5.20. The maximum Gasteiger partial charge on any atom is 0.393 e. The van der Waals surface area contributed by atoms with Crippen LogP contribution in [0.15, 0.2) is 18.2 Å². The van der Waals surface area contributed by atoms with Gasteiger partial charge in [0, 0.05) is 23.7 Å². The maximum atomic E-state index is 13.6. The van der Waals surface area contributed by atoms with Crippen LogP contribution in [0.1, 0.15) is 12.0 Å². The summed E-state index contributed by atoms with van der Waals surface area (Å²) in [5, 5.41) is 9.23. The third kappa shape index (κ3) is 4.35. The standard InChI is InChI=1S/C15H16ClF4NO2/c16-12-4-1-5-13(17)9(12)3-2-6-21-7-10(14(22)23)11(8-21)15(18,19)20/h1,4-5,10-11H,2-3,6-8H2,(H,22,23)/t10-,11-/m1/s1. The van der Waals surface area contributed by atoms with Crippen LogP contribution in [-0.4, -0.2) is 41.8 Å². The van der Waals surface area contributed by atoms with Crippen LogP contribution in [0.4, 0.5) is 17.6 Å². The molecule has 128 valence electrons. The Hall–Kier alpha value is -1.34. The van der Waals surface area contributed by atoms with Gasteiger partial charge in [-0.25, -0.2) is 4.39 Å². The summed E-state index contributed by atoms with van der Waals surface area (Å²) in [6, 6.07) is 4.31. The maximum absolute atomic E-state index is 13.6. The highest BCUT2D eigenvalue weighted by molar-refractivity contribution is 6.31. The van der Waals surface area contributed by atoms with Crippen molar-refractivity contribution < 1.29 is 27.5 Å². The number of benzene rings is 1. The van der Waals surface area contributed by atoms with Crippen molar-refractivity contribution in [1.82, 2.24) is 4.90 Å². The van der Waals surface area contributed by atoms with Crippen molar-refractivity contribution in [3.8, 4) is 0 Å². The van der Waals surface area contributed by atoms with Crippen LogP contribution >= 0.6 is 11.6 Å². The second kappa shape index (κ2) is 7.05. The summed E-state index contributed by atoms with van der Waals surface area (Å²) in [6.07, 6.45) is -3.85. The second-order valence-corrected chi connectivity index (χ2v) is 6.06. The number of carboxylic acid groups (broad SMARTS) is 1. The Labute approximate surface area is 135 Å². The van der Waals surface area contributed by atoms with E-state index in [1.165, 1.54) is 17.0 Å². The van der Waals surface area contributed by atoms with E-state index in [4.69, 9.17) is 16.7 Å². The van der Waals surface area contributed by atoms with Crippen molar-refractivity contribution >= 4 is 17.6 Å². The van der Waals surface area contributed by atoms with E-state index in [-0.39, 0.29) is 31.1 Å². The molecule has 2 rings (SSSR count). The smallest absolute Gasteiger partial charge is 0.393 e. The van der Waals surface area contributed by atoms with E-state index in [0.29, 0.717) is 12.0 Å². The Morgan fingerprint density at radius 2 is 2.04 bits per heavy atom. The van der Waals surface area contributed by atoms with Gasteiger partial charge in [0.2, 0.25) is 0 Å². The fourth-order valence-electron chi connectivity index (χ4n) is 2.90. The zero-order valence-electron chi connectivity index (χ0n) is 12.1. The summed E-state index contributed by atoms with van der Waals surface area (Å²) < 4.78 is 52.3. The lowest BCUT2D eigenvalue weighted by molar-refractivity contribution is -0.188. The molecule has 1 aromatic carbocycles.